The van der Waals surface area contributed by atoms with E-state index >= 15 is 0 Å². The van der Waals surface area contributed by atoms with Crippen molar-refractivity contribution in [3.8, 4) is 0 Å². The molecule has 2 rings (SSSR count). The Morgan fingerprint density at radius 1 is 1.40 bits per heavy atom. The first-order chi connectivity index (χ1) is 4.86. The zero-order valence-corrected chi connectivity index (χ0v) is 6.22. The highest BCUT2D eigenvalue weighted by molar-refractivity contribution is 7.12. The predicted octanol–water partition coefficient (Wildman–Crippen LogP) is 1.39. The maximum Gasteiger partial charge on any atom is 0.164 e. The summed E-state index contributed by atoms with van der Waals surface area (Å²) in [5.74, 6) is 0. The number of hydrogen-bond acceptors (Lipinski definition) is 4. The molecule has 10 heavy (non-hydrogen) atoms. The molecule has 0 fully saturated rings. The Balaban J connectivity index is 2.86. The smallest absolute Gasteiger partial charge is 0.164 e. The molecule has 2 heterocycles. The molecule has 50 valence electrons. The summed E-state index contributed by atoms with van der Waals surface area (Å²) < 4.78 is 3.77. The topological polar surface area (TPSA) is 38.7 Å². The first-order valence-corrected chi connectivity index (χ1v) is 3.69. The van der Waals surface area contributed by atoms with E-state index in [2.05, 4.69) is 14.6 Å². The van der Waals surface area contributed by atoms with Crippen LogP contribution in [-0.2, 0) is 0 Å². The Kier molecular flexibility index (Phi) is 1.14. The minimum atomic E-state index is 0.885. The van der Waals surface area contributed by atoms with Gasteiger partial charge in [-0.2, -0.15) is 0 Å². The fourth-order valence-corrected chi connectivity index (χ4v) is 1.37. The average Bonchev–Trinajstić information content (AvgIpc) is 2.33. The summed E-state index contributed by atoms with van der Waals surface area (Å²) in [5, 5.41) is 3.87. The number of nitrogens with zero attached hydrogens (tertiary/aromatic N) is 3. The van der Waals surface area contributed by atoms with Gasteiger partial charge in [-0.3, -0.25) is 0 Å². The van der Waals surface area contributed by atoms with E-state index in [-0.39, 0.29) is 0 Å². The molecule has 0 radical (unpaired) electrons. The van der Waals surface area contributed by atoms with E-state index in [9.17, 15) is 0 Å². The number of pyridine rings is 1. The van der Waals surface area contributed by atoms with Crippen molar-refractivity contribution in [3.05, 3.63) is 17.8 Å². The van der Waals surface area contributed by atoms with Gasteiger partial charge in [-0.15, -0.1) is 5.10 Å². The molecule has 0 amide bonds. The third kappa shape index (κ3) is 0.769. The molecular formula is C6H5N3S. The molecule has 0 N–H and O–H groups in total. The Morgan fingerprint density at radius 2 is 2.30 bits per heavy atom. The van der Waals surface area contributed by atoms with Crippen LogP contribution in [0.5, 0.6) is 0 Å². The highest BCUT2D eigenvalue weighted by Gasteiger charge is 1.96. The zero-order chi connectivity index (χ0) is 6.97. The first-order valence-electron chi connectivity index (χ1n) is 2.92. The summed E-state index contributed by atoms with van der Waals surface area (Å²) in [6, 6.07) is 3.87. The predicted molar refractivity (Wildman–Crippen MR) is 39.9 cm³/mol. The van der Waals surface area contributed by atoms with Crippen LogP contribution in [-0.4, -0.2) is 14.6 Å². The lowest BCUT2D eigenvalue weighted by Gasteiger charge is -1.86. The van der Waals surface area contributed by atoms with E-state index < -0.39 is 0 Å². The van der Waals surface area contributed by atoms with Crippen LogP contribution >= 0.6 is 11.5 Å². The minimum Gasteiger partial charge on any atom is -0.239 e. The van der Waals surface area contributed by atoms with Crippen LogP contribution < -0.4 is 0 Å². The van der Waals surface area contributed by atoms with Crippen LogP contribution in [0.15, 0.2) is 12.1 Å². The van der Waals surface area contributed by atoms with Gasteiger partial charge in [-0.05, 0) is 19.1 Å². The lowest BCUT2D eigenvalue weighted by Crippen LogP contribution is -1.77. The third-order valence-electron chi connectivity index (χ3n) is 1.26. The number of hydrogen-bond donors (Lipinski definition) is 0. The van der Waals surface area contributed by atoms with Crippen LogP contribution in [0.4, 0.5) is 0 Å². The van der Waals surface area contributed by atoms with Crippen LogP contribution in [0.3, 0.4) is 0 Å². The van der Waals surface area contributed by atoms with Gasteiger partial charge in [-0.1, -0.05) is 4.49 Å². The number of aromatic nitrogens is 3. The molecule has 2 aromatic rings. The normalized spacial score (nSPS) is 10.5. The van der Waals surface area contributed by atoms with Crippen molar-refractivity contribution >= 4 is 21.9 Å². The zero-order valence-electron chi connectivity index (χ0n) is 5.40. The Hall–Kier alpha value is -1.03. The summed E-state index contributed by atoms with van der Waals surface area (Å²) >= 11 is 1.33. The van der Waals surface area contributed by atoms with Crippen molar-refractivity contribution in [1.29, 1.82) is 0 Å². The van der Waals surface area contributed by atoms with Gasteiger partial charge in [0.1, 0.15) is 5.52 Å². The van der Waals surface area contributed by atoms with Gasteiger partial charge in [0.25, 0.3) is 0 Å². The van der Waals surface area contributed by atoms with Gasteiger partial charge in [0, 0.05) is 17.2 Å². The number of aryl methyl sites for hydroxylation is 1. The summed E-state index contributed by atoms with van der Waals surface area (Å²) in [6.07, 6.45) is 0. The second-order valence-corrected chi connectivity index (χ2v) is 2.78. The van der Waals surface area contributed by atoms with Crippen molar-refractivity contribution in [2.45, 2.75) is 6.92 Å². The fraction of sp³-hybridized carbons (Fsp3) is 0.167. The highest BCUT2D eigenvalue weighted by atomic mass is 32.1. The Bertz CT molecular complexity index is 355. The highest BCUT2D eigenvalue weighted by Crippen LogP contribution is 2.11. The van der Waals surface area contributed by atoms with Crippen molar-refractivity contribution in [2.24, 2.45) is 0 Å². The standard InChI is InChI=1S/C6H5N3S/c1-4-2-3-5-6(7-4)10-9-8-5/h2-3H,1H3. The second kappa shape index (κ2) is 1.98. The van der Waals surface area contributed by atoms with Crippen molar-refractivity contribution in [1.82, 2.24) is 14.6 Å². The number of fused-ring (bicyclic) bond motifs is 1. The summed E-state index contributed by atoms with van der Waals surface area (Å²) in [7, 11) is 0. The molecular weight excluding hydrogens is 146 g/mol. The van der Waals surface area contributed by atoms with E-state index in [4.69, 9.17) is 0 Å². The van der Waals surface area contributed by atoms with Gasteiger partial charge in [0.15, 0.2) is 4.83 Å². The molecule has 0 saturated heterocycles. The largest absolute Gasteiger partial charge is 0.239 e. The van der Waals surface area contributed by atoms with E-state index in [1.165, 1.54) is 11.5 Å². The molecule has 2 aromatic heterocycles. The van der Waals surface area contributed by atoms with Gasteiger partial charge in [0.05, 0.1) is 0 Å². The molecule has 0 aliphatic heterocycles. The van der Waals surface area contributed by atoms with Gasteiger partial charge in [-0.25, -0.2) is 4.98 Å². The van der Waals surface area contributed by atoms with Crippen molar-refractivity contribution in [3.63, 3.8) is 0 Å². The van der Waals surface area contributed by atoms with Crippen LogP contribution in [0, 0.1) is 6.92 Å². The third-order valence-corrected chi connectivity index (χ3v) is 1.89. The van der Waals surface area contributed by atoms with Gasteiger partial charge < -0.3 is 0 Å². The quantitative estimate of drug-likeness (QED) is 0.571. The minimum absolute atomic E-state index is 0.885. The molecule has 4 heteroatoms. The summed E-state index contributed by atoms with van der Waals surface area (Å²) in [5.41, 5.74) is 1.90. The van der Waals surface area contributed by atoms with Crippen LogP contribution in [0.25, 0.3) is 10.3 Å². The molecule has 0 aliphatic carbocycles. The molecule has 0 aliphatic rings. The van der Waals surface area contributed by atoms with Crippen molar-refractivity contribution in [2.75, 3.05) is 0 Å². The van der Waals surface area contributed by atoms with Crippen molar-refractivity contribution < 1.29 is 0 Å². The summed E-state index contributed by atoms with van der Waals surface area (Å²) in [6.45, 7) is 1.96. The van der Waals surface area contributed by atoms with Gasteiger partial charge >= 0.3 is 0 Å². The monoisotopic (exact) mass is 151 g/mol. The van der Waals surface area contributed by atoms with Gasteiger partial charge in [0.2, 0.25) is 0 Å². The Labute approximate surface area is 61.9 Å². The molecule has 0 aromatic carbocycles. The number of rotatable bonds is 0. The Morgan fingerprint density at radius 3 is 3.20 bits per heavy atom. The molecule has 0 spiro atoms. The van der Waals surface area contributed by atoms with Crippen LogP contribution in [0.1, 0.15) is 5.69 Å². The van der Waals surface area contributed by atoms with E-state index in [0.717, 1.165) is 16.0 Å². The molecule has 0 atom stereocenters. The fourth-order valence-electron chi connectivity index (χ4n) is 0.772. The van der Waals surface area contributed by atoms with E-state index in [1.807, 2.05) is 19.1 Å². The van der Waals surface area contributed by atoms with E-state index in [1.54, 1.807) is 0 Å². The maximum atomic E-state index is 4.23. The second-order valence-electron chi connectivity index (χ2n) is 2.05. The van der Waals surface area contributed by atoms with Crippen LogP contribution in [0.2, 0.25) is 0 Å². The molecule has 0 unspecified atom stereocenters. The lowest BCUT2D eigenvalue weighted by molar-refractivity contribution is 1.19. The molecule has 0 saturated carbocycles. The van der Waals surface area contributed by atoms with E-state index in [0.29, 0.717) is 0 Å². The lowest BCUT2D eigenvalue weighted by atomic mass is 10.4. The average molecular weight is 151 g/mol. The molecule has 3 nitrogen and oxygen atoms in total. The maximum absolute atomic E-state index is 4.23. The first kappa shape index (κ1) is 5.73. The summed E-state index contributed by atoms with van der Waals surface area (Å²) in [4.78, 5) is 5.15. The molecule has 0 bridgehead atoms. The SMILES string of the molecule is Cc1ccc2nnsc2n1.